The second-order valence-electron chi connectivity index (χ2n) is 5.16. The maximum Gasteiger partial charge on any atom is 0.119 e. The molecule has 3 heteroatoms. The molecule has 0 bridgehead atoms. The molecular weight excluding hydrogens is 250 g/mol. The summed E-state index contributed by atoms with van der Waals surface area (Å²) in [7, 11) is 0. The fourth-order valence-electron chi connectivity index (χ4n) is 2.17. The Hall–Kier alpha value is -1.84. The van der Waals surface area contributed by atoms with Gasteiger partial charge in [-0.2, -0.15) is 0 Å². The molecule has 3 rings (SSSR count). The van der Waals surface area contributed by atoms with Gasteiger partial charge in [-0.25, -0.2) is 0 Å². The summed E-state index contributed by atoms with van der Waals surface area (Å²) in [5.74, 6) is 0.883. The molecule has 1 fully saturated rings. The standard InChI is InChI=1S/C17H19NO2/c18-16(17-12-20-17)10-13-6-8-15(9-7-13)19-11-14-4-2-1-3-5-14/h1-9,16-17H,10-12,18H2. The number of ether oxygens (including phenoxy) is 2. The van der Waals surface area contributed by atoms with E-state index in [2.05, 4.69) is 24.3 Å². The SMILES string of the molecule is NC(Cc1ccc(OCc2ccccc2)cc1)C1CO1. The van der Waals surface area contributed by atoms with Crippen molar-refractivity contribution in [3.05, 3.63) is 65.7 Å². The monoisotopic (exact) mass is 269 g/mol. The maximum absolute atomic E-state index is 6.03. The number of nitrogens with two attached hydrogens (primary N) is 1. The highest BCUT2D eigenvalue weighted by molar-refractivity contribution is 5.28. The Balaban J connectivity index is 1.53. The Labute approximate surface area is 119 Å². The molecule has 1 heterocycles. The molecule has 0 radical (unpaired) electrons. The van der Waals surface area contributed by atoms with Crippen LogP contribution in [0.5, 0.6) is 5.75 Å². The van der Waals surface area contributed by atoms with E-state index >= 15 is 0 Å². The van der Waals surface area contributed by atoms with Crippen molar-refractivity contribution in [2.24, 2.45) is 5.73 Å². The molecule has 0 aliphatic carbocycles. The lowest BCUT2D eigenvalue weighted by Crippen LogP contribution is -2.28. The van der Waals surface area contributed by atoms with Gasteiger partial charge < -0.3 is 15.2 Å². The van der Waals surface area contributed by atoms with Crippen molar-refractivity contribution < 1.29 is 9.47 Å². The molecule has 2 aromatic rings. The molecule has 0 spiro atoms. The predicted octanol–water partition coefficient (Wildman–Crippen LogP) is 2.53. The summed E-state index contributed by atoms with van der Waals surface area (Å²) in [5.41, 5.74) is 8.42. The van der Waals surface area contributed by atoms with Crippen LogP contribution in [0.2, 0.25) is 0 Å². The minimum Gasteiger partial charge on any atom is -0.489 e. The number of epoxide rings is 1. The van der Waals surface area contributed by atoms with E-state index in [1.54, 1.807) is 0 Å². The first-order valence-corrected chi connectivity index (χ1v) is 6.94. The summed E-state index contributed by atoms with van der Waals surface area (Å²) < 4.78 is 11.0. The van der Waals surface area contributed by atoms with Crippen molar-refractivity contribution in [3.8, 4) is 5.75 Å². The van der Waals surface area contributed by atoms with Gasteiger partial charge in [-0.3, -0.25) is 0 Å². The van der Waals surface area contributed by atoms with Crippen LogP contribution in [-0.2, 0) is 17.8 Å². The van der Waals surface area contributed by atoms with Gasteiger partial charge in [0.1, 0.15) is 12.4 Å². The molecule has 3 nitrogen and oxygen atoms in total. The van der Waals surface area contributed by atoms with Crippen LogP contribution in [0.3, 0.4) is 0 Å². The third-order valence-corrected chi connectivity index (χ3v) is 3.48. The minimum atomic E-state index is 0.103. The smallest absolute Gasteiger partial charge is 0.119 e. The van der Waals surface area contributed by atoms with Gasteiger partial charge in [-0.05, 0) is 29.7 Å². The van der Waals surface area contributed by atoms with Crippen molar-refractivity contribution >= 4 is 0 Å². The molecular formula is C17H19NO2. The average Bonchev–Trinajstić information content (AvgIpc) is 3.32. The van der Waals surface area contributed by atoms with E-state index in [4.69, 9.17) is 15.2 Å². The summed E-state index contributed by atoms with van der Waals surface area (Å²) in [4.78, 5) is 0. The zero-order valence-corrected chi connectivity index (χ0v) is 11.4. The Morgan fingerprint density at radius 3 is 2.40 bits per heavy atom. The van der Waals surface area contributed by atoms with Gasteiger partial charge in [0, 0.05) is 6.04 Å². The first-order valence-electron chi connectivity index (χ1n) is 6.94. The molecule has 1 saturated heterocycles. The number of benzene rings is 2. The second kappa shape index (κ2) is 6.07. The maximum atomic E-state index is 6.03. The fraction of sp³-hybridized carbons (Fsp3) is 0.294. The Morgan fingerprint density at radius 2 is 1.75 bits per heavy atom. The van der Waals surface area contributed by atoms with Gasteiger partial charge in [0.05, 0.1) is 12.7 Å². The molecule has 2 atom stereocenters. The van der Waals surface area contributed by atoms with Crippen molar-refractivity contribution in [1.82, 2.24) is 0 Å². The molecule has 104 valence electrons. The lowest BCUT2D eigenvalue weighted by Gasteiger charge is -2.10. The first-order chi connectivity index (χ1) is 9.81. The molecule has 0 amide bonds. The van der Waals surface area contributed by atoms with Crippen LogP contribution in [0.15, 0.2) is 54.6 Å². The highest BCUT2D eigenvalue weighted by atomic mass is 16.6. The van der Waals surface area contributed by atoms with E-state index in [9.17, 15) is 0 Å². The highest BCUT2D eigenvalue weighted by Crippen LogP contribution is 2.19. The first kappa shape index (κ1) is 13.2. The normalized spacial score (nSPS) is 18.6. The molecule has 2 unspecified atom stereocenters. The predicted molar refractivity (Wildman–Crippen MR) is 78.6 cm³/mol. The zero-order valence-electron chi connectivity index (χ0n) is 11.4. The third-order valence-electron chi connectivity index (χ3n) is 3.48. The van der Waals surface area contributed by atoms with E-state index in [1.807, 2.05) is 30.3 Å². The van der Waals surface area contributed by atoms with E-state index in [0.717, 1.165) is 18.8 Å². The van der Waals surface area contributed by atoms with Crippen LogP contribution >= 0.6 is 0 Å². The van der Waals surface area contributed by atoms with Crippen LogP contribution < -0.4 is 10.5 Å². The quantitative estimate of drug-likeness (QED) is 0.820. The molecule has 0 aromatic heterocycles. The molecule has 1 aliphatic heterocycles. The summed E-state index contributed by atoms with van der Waals surface area (Å²) >= 11 is 0. The average molecular weight is 269 g/mol. The lowest BCUT2D eigenvalue weighted by atomic mass is 10.0. The summed E-state index contributed by atoms with van der Waals surface area (Å²) in [6.45, 7) is 1.40. The molecule has 1 aliphatic rings. The summed E-state index contributed by atoms with van der Waals surface area (Å²) in [5, 5.41) is 0. The topological polar surface area (TPSA) is 47.8 Å². The molecule has 2 aromatic carbocycles. The fourth-order valence-corrected chi connectivity index (χ4v) is 2.17. The van der Waals surface area contributed by atoms with Crippen molar-refractivity contribution in [2.45, 2.75) is 25.2 Å². The number of hydrogen-bond donors (Lipinski definition) is 1. The second-order valence-corrected chi connectivity index (χ2v) is 5.16. The number of hydrogen-bond acceptors (Lipinski definition) is 3. The van der Waals surface area contributed by atoms with E-state index in [-0.39, 0.29) is 12.1 Å². The molecule has 0 saturated carbocycles. The van der Waals surface area contributed by atoms with Gasteiger partial charge in [0.25, 0.3) is 0 Å². The van der Waals surface area contributed by atoms with Crippen LogP contribution in [-0.4, -0.2) is 18.8 Å². The molecule has 20 heavy (non-hydrogen) atoms. The van der Waals surface area contributed by atoms with E-state index in [1.165, 1.54) is 11.1 Å². The molecule has 2 N–H and O–H groups in total. The third kappa shape index (κ3) is 3.59. The Bertz CT molecular complexity index is 535. The highest BCUT2D eigenvalue weighted by Gasteiger charge is 2.29. The minimum absolute atomic E-state index is 0.103. The van der Waals surface area contributed by atoms with Crippen molar-refractivity contribution in [3.63, 3.8) is 0 Å². The van der Waals surface area contributed by atoms with Crippen LogP contribution in [0, 0.1) is 0 Å². The van der Waals surface area contributed by atoms with Crippen molar-refractivity contribution in [1.29, 1.82) is 0 Å². The summed E-state index contributed by atoms with van der Waals surface area (Å²) in [6, 6.07) is 18.4. The van der Waals surface area contributed by atoms with Gasteiger partial charge in [-0.1, -0.05) is 42.5 Å². The lowest BCUT2D eigenvalue weighted by molar-refractivity contribution is 0.306. The van der Waals surface area contributed by atoms with Crippen LogP contribution in [0.1, 0.15) is 11.1 Å². The van der Waals surface area contributed by atoms with Crippen LogP contribution in [0.4, 0.5) is 0 Å². The zero-order chi connectivity index (χ0) is 13.8. The van der Waals surface area contributed by atoms with Gasteiger partial charge >= 0.3 is 0 Å². The number of rotatable bonds is 6. The largest absolute Gasteiger partial charge is 0.489 e. The van der Waals surface area contributed by atoms with Gasteiger partial charge in [-0.15, -0.1) is 0 Å². The van der Waals surface area contributed by atoms with E-state index in [0.29, 0.717) is 6.61 Å². The van der Waals surface area contributed by atoms with E-state index < -0.39 is 0 Å². The Morgan fingerprint density at radius 1 is 1.05 bits per heavy atom. The summed E-state index contributed by atoms with van der Waals surface area (Å²) in [6.07, 6.45) is 1.10. The van der Waals surface area contributed by atoms with Crippen molar-refractivity contribution in [2.75, 3.05) is 6.61 Å². The Kier molecular flexibility index (Phi) is 4.00. The van der Waals surface area contributed by atoms with Gasteiger partial charge in [0.2, 0.25) is 0 Å². The van der Waals surface area contributed by atoms with Gasteiger partial charge in [0.15, 0.2) is 0 Å². The van der Waals surface area contributed by atoms with Crippen LogP contribution in [0.25, 0.3) is 0 Å².